The highest BCUT2D eigenvalue weighted by atomic mass is 32.2. The van der Waals surface area contributed by atoms with Crippen LogP contribution in [-0.2, 0) is 29.9 Å². The van der Waals surface area contributed by atoms with E-state index in [0.717, 1.165) is 51.6 Å². The van der Waals surface area contributed by atoms with Gasteiger partial charge in [-0.05, 0) is 43.4 Å². The fourth-order valence-corrected chi connectivity index (χ4v) is 7.13. The average Bonchev–Trinajstić information content (AvgIpc) is 3.41. The van der Waals surface area contributed by atoms with Gasteiger partial charge in [-0.25, -0.2) is 9.97 Å². The van der Waals surface area contributed by atoms with Gasteiger partial charge in [0.2, 0.25) is 0 Å². The number of nitrogens with zero attached hydrogens (tertiary/aromatic N) is 3. The zero-order valence-electron chi connectivity index (χ0n) is 16.1. The number of aromatic nitrogens is 3. The summed E-state index contributed by atoms with van der Waals surface area (Å²) in [5.74, 6) is 0.715. The normalized spacial score (nSPS) is 13.6. The van der Waals surface area contributed by atoms with Crippen LogP contribution >= 0.6 is 34.4 Å². The van der Waals surface area contributed by atoms with Crippen LogP contribution in [0.5, 0.6) is 0 Å². The molecule has 4 aromatic rings. The van der Waals surface area contributed by atoms with Crippen molar-refractivity contribution in [2.75, 3.05) is 13.7 Å². The number of ether oxygens (including phenoxy) is 1. The highest BCUT2D eigenvalue weighted by molar-refractivity contribution is 7.98. The number of hydrogen-bond donors (Lipinski definition) is 0. The minimum atomic E-state index is 0.109. The summed E-state index contributed by atoms with van der Waals surface area (Å²) in [6.07, 6.45) is 4.02. The van der Waals surface area contributed by atoms with Crippen molar-refractivity contribution >= 4 is 54.9 Å². The summed E-state index contributed by atoms with van der Waals surface area (Å²) in [5.41, 5.74) is 2.38. The fraction of sp³-hybridized carbons (Fsp3) is 0.381. The van der Waals surface area contributed by atoms with E-state index in [9.17, 15) is 4.79 Å². The molecule has 0 fully saturated rings. The number of benzene rings is 1. The lowest BCUT2D eigenvalue weighted by molar-refractivity contribution is 0.189. The van der Waals surface area contributed by atoms with E-state index >= 15 is 0 Å². The number of thiazole rings is 1. The molecule has 8 heteroatoms. The summed E-state index contributed by atoms with van der Waals surface area (Å²) in [6, 6.07) is 8.19. The lowest BCUT2D eigenvalue weighted by Crippen LogP contribution is -2.24. The van der Waals surface area contributed by atoms with Gasteiger partial charge in [0.15, 0.2) is 5.16 Å². The predicted octanol–water partition coefficient (Wildman–Crippen LogP) is 4.89. The lowest BCUT2D eigenvalue weighted by Gasteiger charge is -2.11. The van der Waals surface area contributed by atoms with Gasteiger partial charge in [-0.15, -0.1) is 22.7 Å². The number of aryl methyl sites for hydroxylation is 2. The Kier molecular flexibility index (Phi) is 5.43. The van der Waals surface area contributed by atoms with Crippen LogP contribution in [0.3, 0.4) is 0 Å². The molecule has 0 saturated heterocycles. The molecule has 0 radical (unpaired) electrons. The second kappa shape index (κ2) is 8.18. The van der Waals surface area contributed by atoms with Crippen molar-refractivity contribution in [3.63, 3.8) is 0 Å². The summed E-state index contributed by atoms with van der Waals surface area (Å²) in [7, 11) is 1.69. The van der Waals surface area contributed by atoms with Gasteiger partial charge in [-0.1, -0.05) is 23.9 Å². The Bertz CT molecular complexity index is 1210. The molecule has 3 aromatic heterocycles. The zero-order valence-corrected chi connectivity index (χ0v) is 18.6. The van der Waals surface area contributed by atoms with Gasteiger partial charge in [0, 0.05) is 25.1 Å². The molecule has 1 aliphatic carbocycles. The summed E-state index contributed by atoms with van der Waals surface area (Å²) in [6.45, 7) is 1.26. The number of thiophene rings is 1. The monoisotopic (exact) mass is 443 g/mol. The van der Waals surface area contributed by atoms with Gasteiger partial charge in [-0.3, -0.25) is 9.36 Å². The average molecular weight is 444 g/mol. The molecular weight excluding hydrogens is 422 g/mol. The maximum Gasteiger partial charge on any atom is 0.263 e. The second-order valence-electron chi connectivity index (χ2n) is 7.10. The topological polar surface area (TPSA) is 57.0 Å². The third-order valence-corrected chi connectivity index (χ3v) is 8.58. The van der Waals surface area contributed by atoms with Gasteiger partial charge in [0.05, 0.1) is 21.4 Å². The van der Waals surface area contributed by atoms with Crippen molar-refractivity contribution in [1.82, 2.24) is 14.5 Å². The Balaban J connectivity index is 1.50. The van der Waals surface area contributed by atoms with Crippen molar-refractivity contribution < 1.29 is 4.74 Å². The third-order valence-electron chi connectivity index (χ3n) is 5.18. The van der Waals surface area contributed by atoms with E-state index < -0.39 is 0 Å². The first-order valence-corrected chi connectivity index (χ1v) is 12.4. The summed E-state index contributed by atoms with van der Waals surface area (Å²) >= 11 is 5.02. The number of para-hydroxylation sites is 1. The van der Waals surface area contributed by atoms with Gasteiger partial charge in [0.25, 0.3) is 5.56 Å². The van der Waals surface area contributed by atoms with Crippen molar-refractivity contribution in [1.29, 1.82) is 0 Å². The summed E-state index contributed by atoms with van der Waals surface area (Å²) in [4.78, 5) is 25.3. The SMILES string of the molecule is COCCCn1c(SCc2nc3ccccc3s2)nc2sc3c(c2c1=O)CCC3. The highest BCUT2D eigenvalue weighted by Crippen LogP contribution is 2.36. The molecule has 0 atom stereocenters. The Morgan fingerprint density at radius 1 is 1.21 bits per heavy atom. The number of fused-ring (bicyclic) bond motifs is 4. The molecule has 0 saturated carbocycles. The Hall–Kier alpha value is -1.74. The van der Waals surface area contributed by atoms with E-state index in [1.165, 1.54) is 15.1 Å². The molecule has 29 heavy (non-hydrogen) atoms. The van der Waals surface area contributed by atoms with Crippen LogP contribution in [0.25, 0.3) is 20.4 Å². The molecule has 3 heterocycles. The molecule has 0 aliphatic heterocycles. The first kappa shape index (κ1) is 19.2. The zero-order chi connectivity index (χ0) is 19.8. The van der Waals surface area contributed by atoms with Crippen LogP contribution < -0.4 is 5.56 Å². The van der Waals surface area contributed by atoms with Gasteiger partial charge in [0.1, 0.15) is 9.84 Å². The molecule has 150 valence electrons. The first-order valence-electron chi connectivity index (χ1n) is 9.76. The molecule has 0 unspecified atom stereocenters. The molecule has 5 rings (SSSR count). The fourth-order valence-electron chi connectivity index (χ4n) is 3.84. The molecular formula is C21H21N3O2S3. The number of methoxy groups -OCH3 is 1. The van der Waals surface area contributed by atoms with Crippen molar-refractivity contribution in [2.45, 2.75) is 43.1 Å². The van der Waals surface area contributed by atoms with Crippen molar-refractivity contribution in [3.05, 3.63) is 50.1 Å². The van der Waals surface area contributed by atoms with Crippen LogP contribution in [-0.4, -0.2) is 28.3 Å². The number of thioether (sulfide) groups is 1. The summed E-state index contributed by atoms with van der Waals surface area (Å²) in [5, 5.41) is 2.70. The minimum absolute atomic E-state index is 0.109. The van der Waals surface area contributed by atoms with Crippen LogP contribution in [0.15, 0.2) is 34.2 Å². The lowest BCUT2D eigenvalue weighted by atomic mass is 10.2. The maximum atomic E-state index is 13.4. The minimum Gasteiger partial charge on any atom is -0.385 e. The maximum absolute atomic E-state index is 13.4. The van der Waals surface area contributed by atoms with Crippen LogP contribution in [0.4, 0.5) is 0 Å². The highest BCUT2D eigenvalue weighted by Gasteiger charge is 2.23. The summed E-state index contributed by atoms with van der Waals surface area (Å²) < 4.78 is 8.25. The Morgan fingerprint density at radius 3 is 2.97 bits per heavy atom. The van der Waals surface area contributed by atoms with E-state index in [-0.39, 0.29) is 5.56 Å². The van der Waals surface area contributed by atoms with Gasteiger partial charge < -0.3 is 4.74 Å². The molecule has 0 amide bonds. The molecule has 0 bridgehead atoms. The first-order chi connectivity index (χ1) is 14.2. The van der Waals surface area contributed by atoms with Crippen LogP contribution in [0, 0.1) is 0 Å². The largest absolute Gasteiger partial charge is 0.385 e. The molecule has 1 aliphatic rings. The van der Waals surface area contributed by atoms with Crippen molar-refractivity contribution in [2.24, 2.45) is 0 Å². The number of hydrogen-bond acceptors (Lipinski definition) is 7. The quantitative estimate of drug-likeness (QED) is 0.231. The second-order valence-corrected chi connectivity index (χ2v) is 10.2. The van der Waals surface area contributed by atoms with E-state index in [0.29, 0.717) is 18.9 Å². The molecule has 0 spiro atoms. The Morgan fingerprint density at radius 2 is 2.10 bits per heavy atom. The van der Waals surface area contributed by atoms with Gasteiger partial charge in [-0.2, -0.15) is 0 Å². The number of rotatable bonds is 7. The van der Waals surface area contributed by atoms with E-state index in [4.69, 9.17) is 14.7 Å². The molecule has 1 aromatic carbocycles. The van der Waals surface area contributed by atoms with Crippen LogP contribution in [0.2, 0.25) is 0 Å². The van der Waals surface area contributed by atoms with E-state index in [1.54, 1.807) is 41.5 Å². The molecule has 0 N–H and O–H groups in total. The van der Waals surface area contributed by atoms with Gasteiger partial charge >= 0.3 is 0 Å². The van der Waals surface area contributed by atoms with Crippen molar-refractivity contribution in [3.8, 4) is 0 Å². The van der Waals surface area contributed by atoms with E-state index in [1.807, 2.05) is 22.8 Å². The van der Waals surface area contributed by atoms with Crippen LogP contribution in [0.1, 0.15) is 28.3 Å². The Labute approximate surface area is 180 Å². The standard InChI is InChI=1S/C21H21N3O2S3/c1-26-11-5-10-24-20(25)18-13-6-4-9-15(13)29-19(18)23-21(24)27-12-17-22-14-7-2-3-8-16(14)28-17/h2-3,7-8H,4-6,9-12H2,1H3. The smallest absolute Gasteiger partial charge is 0.263 e. The third kappa shape index (κ3) is 3.63. The molecule has 5 nitrogen and oxygen atoms in total. The van der Waals surface area contributed by atoms with E-state index in [2.05, 4.69) is 6.07 Å². The predicted molar refractivity (Wildman–Crippen MR) is 122 cm³/mol.